The molecule has 0 atom stereocenters. The predicted octanol–water partition coefficient (Wildman–Crippen LogP) is 5.53. The van der Waals surface area contributed by atoms with Crippen molar-refractivity contribution in [3.05, 3.63) is 93.6 Å². The Morgan fingerprint density at radius 3 is 2.59 bits per heavy atom. The molecule has 3 aromatic carbocycles. The van der Waals surface area contributed by atoms with E-state index in [9.17, 15) is 14.0 Å². The molecular formula is C30H30ClFN4O2S. The molecule has 2 heterocycles. The van der Waals surface area contributed by atoms with Gasteiger partial charge in [0.05, 0.1) is 16.3 Å². The van der Waals surface area contributed by atoms with Crippen molar-refractivity contribution in [2.45, 2.75) is 11.3 Å². The minimum Gasteiger partial charge on any atom is -0.367 e. The van der Waals surface area contributed by atoms with Crippen molar-refractivity contribution in [3.63, 3.8) is 0 Å². The standard InChI is InChI=1S/C30H30ClFN4O2S/c1-34-26-20-22(10-11-27(26)39-28(30(34)38)19-21-6-4-7-23(31)18-21)29(37)33-12-5-13-35-14-16-36(17-15-35)25-9-3-2-8-24(25)32/h2-4,6-11,18-20H,5,12-17H2,1H3,(H,33,37). The third kappa shape index (κ3) is 6.46. The zero-order valence-electron chi connectivity index (χ0n) is 21.7. The van der Waals surface area contributed by atoms with Gasteiger partial charge in [-0.1, -0.05) is 47.6 Å². The summed E-state index contributed by atoms with van der Waals surface area (Å²) in [7, 11) is 1.72. The van der Waals surface area contributed by atoms with E-state index in [2.05, 4.69) is 15.1 Å². The molecule has 6 nitrogen and oxygen atoms in total. The number of thioether (sulfide) groups is 1. The summed E-state index contributed by atoms with van der Waals surface area (Å²) in [6, 6.07) is 19.7. The van der Waals surface area contributed by atoms with Crippen LogP contribution in [0.4, 0.5) is 15.8 Å². The van der Waals surface area contributed by atoms with Crippen molar-refractivity contribution in [1.82, 2.24) is 10.2 Å². The second-order valence-corrected chi connectivity index (χ2v) is 11.1. The summed E-state index contributed by atoms with van der Waals surface area (Å²) < 4.78 is 14.1. The number of anilines is 2. The van der Waals surface area contributed by atoms with Crippen LogP contribution >= 0.6 is 23.4 Å². The summed E-state index contributed by atoms with van der Waals surface area (Å²) in [4.78, 5) is 33.4. The molecule has 0 aromatic heterocycles. The number of piperazine rings is 1. The molecule has 9 heteroatoms. The van der Waals surface area contributed by atoms with Gasteiger partial charge in [-0.2, -0.15) is 0 Å². The quantitative estimate of drug-likeness (QED) is 0.302. The fourth-order valence-corrected chi connectivity index (χ4v) is 6.10. The normalized spacial score (nSPS) is 16.9. The number of nitrogens with zero attached hydrogens (tertiary/aromatic N) is 3. The second kappa shape index (κ2) is 12.2. The maximum atomic E-state index is 14.1. The molecule has 202 valence electrons. The molecule has 2 aliphatic rings. The highest BCUT2D eigenvalue weighted by Crippen LogP contribution is 2.42. The summed E-state index contributed by atoms with van der Waals surface area (Å²) in [5.41, 5.74) is 2.76. The first-order chi connectivity index (χ1) is 18.9. The topological polar surface area (TPSA) is 55.9 Å². The lowest BCUT2D eigenvalue weighted by atomic mass is 10.1. The maximum Gasteiger partial charge on any atom is 0.264 e. The van der Waals surface area contributed by atoms with E-state index in [0.29, 0.717) is 33.4 Å². The molecule has 1 N–H and O–H groups in total. The van der Waals surface area contributed by atoms with E-state index < -0.39 is 0 Å². The molecule has 1 saturated heterocycles. The van der Waals surface area contributed by atoms with Gasteiger partial charge >= 0.3 is 0 Å². The number of halogens is 2. The van der Waals surface area contributed by atoms with Crippen molar-refractivity contribution in [1.29, 1.82) is 0 Å². The largest absolute Gasteiger partial charge is 0.367 e. The number of benzene rings is 3. The zero-order chi connectivity index (χ0) is 27.4. The average molecular weight is 565 g/mol. The van der Waals surface area contributed by atoms with Crippen LogP contribution in [0.2, 0.25) is 5.02 Å². The van der Waals surface area contributed by atoms with Gasteiger partial charge in [-0.25, -0.2) is 4.39 Å². The molecule has 0 radical (unpaired) electrons. The number of rotatable bonds is 7. The maximum absolute atomic E-state index is 14.1. The smallest absolute Gasteiger partial charge is 0.264 e. The number of para-hydroxylation sites is 1. The van der Waals surface area contributed by atoms with Gasteiger partial charge in [0.1, 0.15) is 5.82 Å². The molecule has 0 aliphatic carbocycles. The minimum atomic E-state index is -0.181. The lowest BCUT2D eigenvalue weighted by molar-refractivity contribution is -0.114. The lowest BCUT2D eigenvalue weighted by Gasteiger charge is -2.36. The minimum absolute atomic E-state index is 0.125. The number of fused-ring (bicyclic) bond motifs is 1. The number of hydrogen-bond donors (Lipinski definition) is 1. The van der Waals surface area contributed by atoms with E-state index >= 15 is 0 Å². The van der Waals surface area contributed by atoms with Gasteiger partial charge in [0.15, 0.2) is 0 Å². The van der Waals surface area contributed by atoms with E-state index in [1.807, 2.05) is 42.5 Å². The van der Waals surface area contributed by atoms with Gasteiger partial charge in [0, 0.05) is 55.3 Å². The summed E-state index contributed by atoms with van der Waals surface area (Å²) in [5, 5.41) is 3.62. The van der Waals surface area contributed by atoms with Crippen molar-refractivity contribution in [3.8, 4) is 0 Å². The molecule has 0 bridgehead atoms. The van der Waals surface area contributed by atoms with E-state index in [-0.39, 0.29) is 17.6 Å². The second-order valence-electron chi connectivity index (χ2n) is 9.60. The van der Waals surface area contributed by atoms with Crippen LogP contribution < -0.4 is 15.1 Å². The number of amides is 2. The Kier molecular flexibility index (Phi) is 8.55. The number of nitrogens with one attached hydrogen (secondary N) is 1. The van der Waals surface area contributed by atoms with Crippen LogP contribution in [0.5, 0.6) is 0 Å². The fraction of sp³-hybridized carbons (Fsp3) is 0.267. The summed E-state index contributed by atoms with van der Waals surface area (Å²) in [5.74, 6) is -0.465. The molecule has 0 saturated carbocycles. The molecule has 2 aliphatic heterocycles. The molecular weight excluding hydrogens is 535 g/mol. The van der Waals surface area contributed by atoms with E-state index in [4.69, 9.17) is 11.6 Å². The highest BCUT2D eigenvalue weighted by molar-refractivity contribution is 8.04. The van der Waals surface area contributed by atoms with E-state index in [1.54, 1.807) is 36.2 Å². The van der Waals surface area contributed by atoms with Gasteiger partial charge in [-0.15, -0.1) is 0 Å². The first-order valence-electron chi connectivity index (χ1n) is 13.0. The third-order valence-corrected chi connectivity index (χ3v) is 8.28. The van der Waals surface area contributed by atoms with Gasteiger partial charge in [0.25, 0.3) is 11.8 Å². The van der Waals surface area contributed by atoms with Crippen LogP contribution in [0.1, 0.15) is 22.3 Å². The highest BCUT2D eigenvalue weighted by Gasteiger charge is 2.27. The van der Waals surface area contributed by atoms with Gasteiger partial charge in [-0.05, 0) is 67.1 Å². The molecule has 0 spiro atoms. The van der Waals surface area contributed by atoms with Crippen LogP contribution in [0, 0.1) is 5.82 Å². The first-order valence-corrected chi connectivity index (χ1v) is 14.2. The van der Waals surface area contributed by atoms with Gasteiger partial charge in [0.2, 0.25) is 0 Å². The Hall–Kier alpha value is -3.33. The summed E-state index contributed by atoms with van der Waals surface area (Å²) in [6.45, 7) is 4.70. The number of hydrogen-bond acceptors (Lipinski definition) is 5. The van der Waals surface area contributed by atoms with Gasteiger partial charge in [-0.3, -0.25) is 14.5 Å². The van der Waals surface area contributed by atoms with Crippen LogP contribution in [0.25, 0.3) is 6.08 Å². The summed E-state index contributed by atoms with van der Waals surface area (Å²) in [6.07, 6.45) is 2.65. The molecule has 39 heavy (non-hydrogen) atoms. The van der Waals surface area contributed by atoms with Crippen molar-refractivity contribution < 1.29 is 14.0 Å². The van der Waals surface area contributed by atoms with Crippen molar-refractivity contribution in [2.24, 2.45) is 0 Å². The molecule has 0 unspecified atom stereocenters. The Balaban J connectivity index is 1.12. The molecule has 5 rings (SSSR count). The Bertz CT molecular complexity index is 1410. The van der Waals surface area contributed by atoms with Crippen LogP contribution in [-0.2, 0) is 4.79 Å². The van der Waals surface area contributed by atoms with Crippen molar-refractivity contribution in [2.75, 3.05) is 56.1 Å². The van der Waals surface area contributed by atoms with Crippen molar-refractivity contribution >= 4 is 52.6 Å². The van der Waals surface area contributed by atoms with Gasteiger partial charge < -0.3 is 15.1 Å². The number of carbonyl (C=O) groups excluding carboxylic acids is 2. The predicted molar refractivity (Wildman–Crippen MR) is 157 cm³/mol. The SMILES string of the molecule is CN1C(=O)C(=Cc2cccc(Cl)c2)Sc2ccc(C(=O)NCCCN3CCN(c4ccccc4F)CC3)cc21. The Morgan fingerprint density at radius 1 is 1.03 bits per heavy atom. The third-order valence-electron chi connectivity index (χ3n) is 6.97. The molecule has 3 aromatic rings. The number of likely N-dealkylation sites (N-methyl/N-ethyl adjacent to an activating group) is 1. The van der Waals surface area contributed by atoms with Crippen LogP contribution in [0.3, 0.4) is 0 Å². The average Bonchev–Trinajstić information content (AvgIpc) is 2.94. The molecule has 1 fully saturated rings. The van der Waals surface area contributed by atoms with E-state index in [1.165, 1.54) is 17.8 Å². The summed E-state index contributed by atoms with van der Waals surface area (Å²) >= 11 is 7.48. The fourth-order valence-electron chi connectivity index (χ4n) is 4.81. The monoisotopic (exact) mass is 564 g/mol. The highest BCUT2D eigenvalue weighted by atomic mass is 35.5. The first kappa shape index (κ1) is 27.2. The number of carbonyl (C=O) groups is 2. The van der Waals surface area contributed by atoms with Crippen LogP contribution in [-0.4, -0.2) is 63.0 Å². The molecule has 2 amide bonds. The van der Waals surface area contributed by atoms with E-state index in [0.717, 1.165) is 49.6 Å². The van der Waals surface area contributed by atoms with Crippen LogP contribution in [0.15, 0.2) is 76.5 Å². The lowest BCUT2D eigenvalue weighted by Crippen LogP contribution is -2.47. The Labute approximate surface area is 237 Å². The Morgan fingerprint density at radius 2 is 1.82 bits per heavy atom. The zero-order valence-corrected chi connectivity index (χ0v) is 23.3.